The molecule has 1 aliphatic rings. The Kier molecular flexibility index (Phi) is 3.73. The van der Waals surface area contributed by atoms with Gasteiger partial charge in [0.05, 0.1) is 16.6 Å². The van der Waals surface area contributed by atoms with Crippen molar-refractivity contribution >= 4 is 21.7 Å². The van der Waals surface area contributed by atoms with Crippen LogP contribution in [0.15, 0.2) is 17.0 Å². The Balaban J connectivity index is 2.01. The fourth-order valence-corrected chi connectivity index (χ4v) is 2.14. The molecule has 0 aromatic carbocycles. The molecule has 0 aliphatic heterocycles. The Hall–Kier alpha value is -0.720. The largest absolute Gasteiger partial charge is 0.376 e. The van der Waals surface area contributed by atoms with Gasteiger partial charge in [0, 0.05) is 18.8 Å². The topological polar surface area (TPSA) is 73.1 Å². The summed E-state index contributed by atoms with van der Waals surface area (Å²) in [5.41, 5.74) is 5.94. The summed E-state index contributed by atoms with van der Waals surface area (Å²) in [6.45, 7) is 2.70. The molecular weight excluding hydrogens is 272 g/mol. The lowest BCUT2D eigenvalue weighted by molar-refractivity contribution is -0.0127. The van der Waals surface area contributed by atoms with Gasteiger partial charge in [-0.1, -0.05) is 0 Å². The van der Waals surface area contributed by atoms with E-state index >= 15 is 0 Å². The summed E-state index contributed by atoms with van der Waals surface area (Å²) in [6.07, 6.45) is 4.29. The van der Waals surface area contributed by atoms with Gasteiger partial charge in [-0.15, -0.1) is 0 Å². The second kappa shape index (κ2) is 5.07. The number of aromatic nitrogens is 2. The molecule has 3 atom stereocenters. The minimum atomic E-state index is 0.124. The van der Waals surface area contributed by atoms with E-state index in [1.807, 2.05) is 6.92 Å². The molecule has 1 heterocycles. The Morgan fingerprint density at radius 1 is 1.69 bits per heavy atom. The van der Waals surface area contributed by atoms with Crippen molar-refractivity contribution in [2.24, 2.45) is 5.73 Å². The summed E-state index contributed by atoms with van der Waals surface area (Å²) in [6, 6.07) is 0.254. The van der Waals surface area contributed by atoms with Gasteiger partial charge in [-0.2, -0.15) is 0 Å². The quantitative estimate of drug-likeness (QED) is 0.869. The van der Waals surface area contributed by atoms with Gasteiger partial charge in [0.1, 0.15) is 12.1 Å². The van der Waals surface area contributed by atoms with E-state index in [0.717, 1.165) is 16.7 Å². The third-order valence-corrected chi connectivity index (χ3v) is 3.30. The maximum Gasteiger partial charge on any atom is 0.144 e. The van der Waals surface area contributed by atoms with E-state index in [9.17, 15) is 0 Å². The lowest BCUT2D eigenvalue weighted by Crippen LogP contribution is -2.60. The molecule has 16 heavy (non-hydrogen) atoms. The summed E-state index contributed by atoms with van der Waals surface area (Å²) in [7, 11) is 0. The molecule has 0 amide bonds. The monoisotopic (exact) mass is 286 g/mol. The molecule has 6 heteroatoms. The molecular formula is C10H15BrN4O. The molecule has 3 unspecified atom stereocenters. The van der Waals surface area contributed by atoms with E-state index in [1.54, 1.807) is 6.20 Å². The summed E-state index contributed by atoms with van der Waals surface area (Å²) in [5, 5.41) is 3.28. The fraction of sp³-hybridized carbons (Fsp3) is 0.600. The molecule has 0 bridgehead atoms. The molecule has 1 aromatic heterocycles. The van der Waals surface area contributed by atoms with E-state index in [-0.39, 0.29) is 18.2 Å². The zero-order chi connectivity index (χ0) is 11.5. The fourth-order valence-electron chi connectivity index (χ4n) is 1.80. The average molecular weight is 287 g/mol. The number of hydrogen-bond donors (Lipinski definition) is 2. The molecule has 3 N–H and O–H groups in total. The summed E-state index contributed by atoms with van der Waals surface area (Å²) in [4.78, 5) is 8.06. The van der Waals surface area contributed by atoms with Gasteiger partial charge in [0.15, 0.2) is 0 Å². The normalized spacial score (nSPS) is 28.6. The zero-order valence-electron chi connectivity index (χ0n) is 9.06. The minimum absolute atomic E-state index is 0.124. The Morgan fingerprint density at radius 2 is 2.50 bits per heavy atom. The van der Waals surface area contributed by atoms with Gasteiger partial charge in [-0.05, 0) is 29.3 Å². The van der Waals surface area contributed by atoms with Crippen LogP contribution in [0.2, 0.25) is 0 Å². The zero-order valence-corrected chi connectivity index (χ0v) is 10.6. The highest BCUT2D eigenvalue weighted by Crippen LogP contribution is 2.28. The van der Waals surface area contributed by atoms with Crippen LogP contribution in [0.25, 0.3) is 0 Å². The number of nitrogens with one attached hydrogen (secondary N) is 1. The van der Waals surface area contributed by atoms with Crippen LogP contribution in [0.5, 0.6) is 0 Å². The molecule has 88 valence electrons. The van der Waals surface area contributed by atoms with Crippen LogP contribution in [-0.4, -0.2) is 34.8 Å². The Bertz CT molecular complexity index is 360. The molecule has 0 saturated heterocycles. The van der Waals surface area contributed by atoms with Gasteiger partial charge in [-0.3, -0.25) is 0 Å². The van der Waals surface area contributed by atoms with Crippen LogP contribution in [0.4, 0.5) is 5.82 Å². The van der Waals surface area contributed by atoms with Crippen molar-refractivity contribution in [3.8, 4) is 0 Å². The first-order valence-corrected chi connectivity index (χ1v) is 6.11. The lowest BCUT2D eigenvalue weighted by Gasteiger charge is -2.42. The predicted octanol–water partition coefficient (Wildman–Crippen LogP) is 1.16. The number of halogens is 1. The van der Waals surface area contributed by atoms with Crippen molar-refractivity contribution in [1.82, 2.24) is 9.97 Å². The maximum atomic E-state index is 5.94. The van der Waals surface area contributed by atoms with E-state index in [1.165, 1.54) is 6.33 Å². The number of nitrogens with two attached hydrogens (primary N) is 1. The first-order valence-electron chi connectivity index (χ1n) is 5.31. The van der Waals surface area contributed by atoms with Crippen LogP contribution >= 0.6 is 15.9 Å². The van der Waals surface area contributed by atoms with Crippen molar-refractivity contribution in [3.05, 3.63) is 17.0 Å². The Labute approximate surface area is 103 Å². The van der Waals surface area contributed by atoms with Gasteiger partial charge < -0.3 is 15.8 Å². The second-order valence-electron chi connectivity index (χ2n) is 3.78. The van der Waals surface area contributed by atoms with Crippen molar-refractivity contribution in [1.29, 1.82) is 0 Å². The first kappa shape index (κ1) is 11.8. The number of anilines is 1. The average Bonchev–Trinajstić information content (AvgIpc) is 2.28. The van der Waals surface area contributed by atoms with Gasteiger partial charge in [-0.25, -0.2) is 9.97 Å². The molecule has 2 rings (SSSR count). The van der Waals surface area contributed by atoms with Crippen LogP contribution < -0.4 is 11.1 Å². The molecule has 0 radical (unpaired) electrons. The summed E-state index contributed by atoms with van der Waals surface area (Å²) in [5.74, 6) is 0.764. The standard InChI is InChI=1S/C10H15BrN4O/c1-2-16-8-3-7(12)9(8)15-10-6(11)4-13-5-14-10/h4-5,7-9H,2-3,12H2,1H3,(H,13,14,15). The highest BCUT2D eigenvalue weighted by Gasteiger charge is 2.39. The number of rotatable bonds is 4. The number of ether oxygens (including phenoxy) is 1. The summed E-state index contributed by atoms with van der Waals surface area (Å²) >= 11 is 3.39. The minimum Gasteiger partial charge on any atom is -0.376 e. The van der Waals surface area contributed by atoms with Crippen LogP contribution in [0, 0.1) is 0 Å². The van der Waals surface area contributed by atoms with Gasteiger partial charge >= 0.3 is 0 Å². The van der Waals surface area contributed by atoms with E-state index in [4.69, 9.17) is 10.5 Å². The third-order valence-electron chi connectivity index (χ3n) is 2.72. The molecule has 1 aliphatic carbocycles. The first-order chi connectivity index (χ1) is 7.72. The van der Waals surface area contributed by atoms with Crippen LogP contribution in [0.1, 0.15) is 13.3 Å². The molecule has 0 spiro atoms. The van der Waals surface area contributed by atoms with E-state index in [0.29, 0.717) is 6.61 Å². The highest BCUT2D eigenvalue weighted by atomic mass is 79.9. The summed E-state index contributed by atoms with van der Waals surface area (Å²) < 4.78 is 6.41. The van der Waals surface area contributed by atoms with E-state index < -0.39 is 0 Å². The third kappa shape index (κ3) is 2.34. The maximum absolute atomic E-state index is 5.94. The molecule has 1 aromatic rings. The second-order valence-corrected chi connectivity index (χ2v) is 4.64. The lowest BCUT2D eigenvalue weighted by atomic mass is 9.83. The smallest absolute Gasteiger partial charge is 0.144 e. The van der Waals surface area contributed by atoms with Crippen LogP contribution in [0.3, 0.4) is 0 Å². The highest BCUT2D eigenvalue weighted by molar-refractivity contribution is 9.10. The predicted molar refractivity (Wildman–Crippen MR) is 65.1 cm³/mol. The Morgan fingerprint density at radius 3 is 3.12 bits per heavy atom. The number of nitrogens with zero attached hydrogens (tertiary/aromatic N) is 2. The molecule has 5 nitrogen and oxygen atoms in total. The van der Waals surface area contributed by atoms with Crippen molar-refractivity contribution < 1.29 is 4.74 Å². The SMILES string of the molecule is CCOC1CC(N)C1Nc1ncncc1Br. The van der Waals surface area contributed by atoms with E-state index in [2.05, 4.69) is 31.2 Å². The number of hydrogen-bond acceptors (Lipinski definition) is 5. The molecule has 1 fully saturated rings. The van der Waals surface area contributed by atoms with Crippen LogP contribution in [-0.2, 0) is 4.74 Å². The van der Waals surface area contributed by atoms with Gasteiger partial charge in [0.2, 0.25) is 0 Å². The van der Waals surface area contributed by atoms with Crippen molar-refractivity contribution in [2.45, 2.75) is 31.5 Å². The van der Waals surface area contributed by atoms with Gasteiger partial charge in [0.25, 0.3) is 0 Å². The van der Waals surface area contributed by atoms with Crippen molar-refractivity contribution in [2.75, 3.05) is 11.9 Å². The molecule has 1 saturated carbocycles. The van der Waals surface area contributed by atoms with Crippen molar-refractivity contribution in [3.63, 3.8) is 0 Å².